The Labute approximate surface area is 224 Å². The molecule has 1 heterocycles. The van der Waals surface area contributed by atoms with Crippen LogP contribution >= 0.6 is 0 Å². The maximum absolute atomic E-state index is 12.2. The van der Waals surface area contributed by atoms with Gasteiger partial charge >= 0.3 is 0 Å². The first-order valence-electron chi connectivity index (χ1n) is 11.0. The molecule has 2 aliphatic carbocycles. The van der Waals surface area contributed by atoms with E-state index in [1.165, 1.54) is 25.7 Å². The van der Waals surface area contributed by atoms with Crippen LogP contribution in [0.2, 0.25) is 0 Å². The van der Waals surface area contributed by atoms with Crippen LogP contribution in [-0.4, -0.2) is 17.8 Å². The van der Waals surface area contributed by atoms with Gasteiger partial charge in [-0.3, -0.25) is 4.79 Å². The second kappa shape index (κ2) is 21.5. The monoisotopic (exact) mass is 647 g/mol. The summed E-state index contributed by atoms with van der Waals surface area (Å²) in [5, 5.41) is 0. The van der Waals surface area contributed by atoms with Gasteiger partial charge in [0.15, 0.2) is 6.20 Å². The molecule has 0 amide bonds. The number of carbonyl (C=O) groups is 1. The number of rotatable bonds is 1. The van der Waals surface area contributed by atoms with Gasteiger partial charge in [0, 0.05) is 38.3 Å². The molecule has 1 saturated carbocycles. The Bertz CT molecular complexity index is 852. The van der Waals surface area contributed by atoms with Gasteiger partial charge in [0.2, 0.25) is 11.5 Å². The summed E-state index contributed by atoms with van der Waals surface area (Å²) in [6.45, 7) is 10.2. The first kappa shape index (κ1) is 39.2. The molecule has 0 aliphatic heterocycles. The molecule has 2 unspecified atom stereocenters. The Morgan fingerprint density at radius 2 is 1.74 bits per heavy atom. The van der Waals surface area contributed by atoms with Crippen LogP contribution in [0, 0.1) is 33.6 Å². The molecule has 3 rings (SSSR count). The molecule has 2 aliphatic rings. The molecule has 194 valence electrons. The third-order valence-electron chi connectivity index (χ3n) is 5.23. The van der Waals surface area contributed by atoms with Crippen molar-refractivity contribution >= 4 is 22.9 Å². The van der Waals surface area contributed by atoms with Crippen molar-refractivity contribution in [1.29, 1.82) is 0 Å². The molecule has 2 atom stereocenters. The Morgan fingerprint density at radius 3 is 2.15 bits per heavy atom. The molecule has 0 aromatic carbocycles. The maximum Gasteiger partial charge on any atom is 0.217 e. The normalized spacial score (nSPS) is 17.9. The van der Waals surface area contributed by atoms with Crippen LogP contribution in [0.1, 0.15) is 78.0 Å². The zero-order valence-electron chi connectivity index (χ0n) is 22.3. The molecule has 4 nitrogen and oxygen atoms in total. The minimum atomic E-state index is -0.251. The van der Waals surface area contributed by atoms with E-state index in [1.807, 2.05) is 37.7 Å². The number of nitrogens with one attached hydrogen (secondary N) is 1. The number of allylic oxidation sites excluding steroid dienone is 5. The smallest absolute Gasteiger partial charge is 0.217 e. The number of pyridine rings is 1. The number of aromatic nitrogens is 1. The number of fused-ring (bicyclic) bond motifs is 1. The molecule has 1 aromatic rings. The molecule has 5 heteroatoms. The number of nitrogens with zero attached hydrogens (tertiary/aromatic N) is 1. The molecule has 0 radical (unpaired) electrons. The van der Waals surface area contributed by atoms with Crippen molar-refractivity contribution < 1.29 is 35.2 Å². The quantitative estimate of drug-likeness (QED) is 0.110. The molecule has 0 bridgehead atoms. The van der Waals surface area contributed by atoms with Crippen molar-refractivity contribution in [3.8, 4) is 12.8 Å². The van der Waals surface area contributed by atoms with Gasteiger partial charge in [-0.25, -0.2) is 9.36 Å². The molecule has 34 heavy (non-hydrogen) atoms. The average Bonchev–Trinajstić information content (AvgIpc) is 2.76. The van der Waals surface area contributed by atoms with Gasteiger partial charge in [-0.05, 0) is 19.9 Å². The van der Waals surface area contributed by atoms with Crippen LogP contribution in [-0.2, 0) is 37.7 Å². The fourth-order valence-corrected chi connectivity index (χ4v) is 3.62. The van der Waals surface area contributed by atoms with Crippen molar-refractivity contribution in [1.82, 2.24) is 0 Å². The van der Waals surface area contributed by atoms with Gasteiger partial charge in [-0.15, -0.1) is 18.9 Å². The van der Waals surface area contributed by atoms with Crippen LogP contribution in [0.3, 0.4) is 0 Å². The van der Waals surface area contributed by atoms with Crippen molar-refractivity contribution in [2.24, 2.45) is 13.0 Å². The van der Waals surface area contributed by atoms with Crippen molar-refractivity contribution in [2.75, 3.05) is 0 Å². The van der Waals surface area contributed by atoms with E-state index >= 15 is 0 Å². The molecule has 1 aromatic heterocycles. The maximum atomic E-state index is 12.2. The van der Waals surface area contributed by atoms with Crippen molar-refractivity contribution in [2.45, 2.75) is 72.8 Å². The van der Waals surface area contributed by atoms with E-state index in [-0.39, 0.29) is 53.3 Å². The summed E-state index contributed by atoms with van der Waals surface area (Å²) in [5.74, 6) is 2.20. The predicted octanol–water partition coefficient (Wildman–Crippen LogP) is 6.84. The molecular weight excluding hydrogens is 603 g/mol. The number of hydrogen-bond donors (Lipinski definition) is 0. The van der Waals surface area contributed by atoms with Gasteiger partial charge in [-0.2, -0.15) is 0 Å². The number of terminal acetylenes is 1. The van der Waals surface area contributed by atoms with E-state index in [4.69, 9.17) is 5.73 Å². The molecule has 1 fully saturated rings. The molecular formula is C29H44N2O2Pt-2. The van der Waals surface area contributed by atoms with Gasteiger partial charge in [0.05, 0.1) is 5.56 Å². The van der Waals surface area contributed by atoms with Crippen LogP contribution in [0.15, 0.2) is 36.1 Å². The van der Waals surface area contributed by atoms with Gasteiger partial charge in [0.25, 0.3) is 0 Å². The fourth-order valence-electron chi connectivity index (χ4n) is 3.62. The number of ketones is 1. The zero-order valence-corrected chi connectivity index (χ0v) is 24.6. The Hall–Kier alpha value is -2.04. The number of Topliss-reactive ketones (excluding diaryl/α,β-unsaturated/α-hetero) is 1. The summed E-state index contributed by atoms with van der Waals surface area (Å²) in [4.78, 5) is 23.3. The first-order chi connectivity index (χ1) is 14.8. The van der Waals surface area contributed by atoms with E-state index in [9.17, 15) is 9.59 Å². The largest absolute Gasteiger partial charge is 0.674 e. The van der Waals surface area contributed by atoms with E-state index in [1.54, 1.807) is 24.2 Å². The third-order valence-corrected chi connectivity index (χ3v) is 5.23. The average molecular weight is 648 g/mol. The van der Waals surface area contributed by atoms with E-state index in [2.05, 4.69) is 33.6 Å². The Morgan fingerprint density at radius 1 is 1.21 bits per heavy atom. The van der Waals surface area contributed by atoms with Gasteiger partial charge in [-0.1, -0.05) is 70.9 Å². The SMILES string of the molecule is C#C.C/C=C\C1=C(C)c2c(ccc[n+]2C)C(=C=O)C1=O.CC1CCCCC1[NH-].CCC.[CH3-].[CH3-].[Pt]. The predicted molar refractivity (Wildman–Crippen MR) is 144 cm³/mol. The Balaban J connectivity index is -0.000000239. The van der Waals surface area contributed by atoms with Gasteiger partial charge in [0.1, 0.15) is 18.6 Å². The molecule has 1 N–H and O–H groups in total. The molecule has 0 spiro atoms. The number of carbonyl (C=O) groups excluding carboxylic acids is 2. The summed E-state index contributed by atoms with van der Waals surface area (Å²) < 4.78 is 1.91. The second-order valence-corrected chi connectivity index (χ2v) is 7.80. The minimum Gasteiger partial charge on any atom is -0.674 e. The van der Waals surface area contributed by atoms with Crippen molar-refractivity contribution in [3.63, 3.8) is 0 Å². The van der Waals surface area contributed by atoms with Crippen LogP contribution in [0.25, 0.3) is 16.9 Å². The third kappa shape index (κ3) is 10.9. The first-order valence-corrected chi connectivity index (χ1v) is 11.0. The molecule has 0 saturated heterocycles. The topological polar surface area (TPSA) is 61.8 Å². The zero-order chi connectivity index (χ0) is 24.0. The second-order valence-electron chi connectivity index (χ2n) is 7.80. The number of hydrogen-bond acceptors (Lipinski definition) is 2. The summed E-state index contributed by atoms with van der Waals surface area (Å²) in [5.41, 5.74) is 10.6. The van der Waals surface area contributed by atoms with Crippen LogP contribution in [0.5, 0.6) is 0 Å². The summed E-state index contributed by atoms with van der Waals surface area (Å²) in [6, 6.07) is 3.85. The standard InChI is InChI=1S/C15H14NO2.C7H14N.C3H8.C2H2.2CH3.Pt/c1-4-6-11-10(2)14-12(7-5-8-16(14)3)13(9-17)15(11)18;1-6-4-2-3-5-7(6)8;1-3-2;1-2;;;/h4-8H,1-3H3;6-8H,2-5H2,1H3;3H2,1-2H3;1-2H;2*1H3;/q+1;-1;;;2*-1;/b6-4-;;;;;;. The summed E-state index contributed by atoms with van der Waals surface area (Å²) in [7, 11) is 1.90. The van der Waals surface area contributed by atoms with Crippen LogP contribution in [0.4, 0.5) is 0 Å². The van der Waals surface area contributed by atoms with E-state index < -0.39 is 0 Å². The summed E-state index contributed by atoms with van der Waals surface area (Å²) >= 11 is 0. The van der Waals surface area contributed by atoms with Gasteiger partial charge < -0.3 is 20.6 Å². The number of aryl methyl sites for hydroxylation is 1. The van der Waals surface area contributed by atoms with E-state index in [0.29, 0.717) is 17.1 Å². The van der Waals surface area contributed by atoms with Crippen LogP contribution < -0.4 is 4.57 Å². The van der Waals surface area contributed by atoms with Crippen molar-refractivity contribution in [3.05, 3.63) is 67.9 Å². The fraction of sp³-hybridized carbons (Fsp3) is 0.448. The minimum absolute atomic E-state index is 0. The summed E-state index contributed by atoms with van der Waals surface area (Å²) in [6.07, 6.45) is 19.8. The Kier molecular flexibility index (Phi) is 24.8. The van der Waals surface area contributed by atoms with E-state index in [0.717, 1.165) is 17.7 Å².